The van der Waals surface area contributed by atoms with Crippen LogP contribution in [0.15, 0.2) is 36.4 Å². The SMILES string of the molecule is CCNc1ccc(Oc2ccc(Cl)c(Cl)c2)c(C)c1. The van der Waals surface area contributed by atoms with Gasteiger partial charge in [-0.2, -0.15) is 0 Å². The van der Waals surface area contributed by atoms with Gasteiger partial charge in [-0.25, -0.2) is 0 Å². The first-order chi connectivity index (χ1) is 9.10. The number of aryl methyl sites for hydroxylation is 1. The standard InChI is InChI=1S/C15H15Cl2NO/c1-3-18-11-4-7-15(10(2)8-11)19-12-5-6-13(16)14(17)9-12/h4-9,18H,3H2,1-2H3. The van der Waals surface area contributed by atoms with Gasteiger partial charge in [-0.15, -0.1) is 0 Å². The van der Waals surface area contributed by atoms with E-state index in [1.807, 2.05) is 19.1 Å². The molecule has 0 atom stereocenters. The molecular formula is C15H15Cl2NO. The van der Waals surface area contributed by atoms with Crippen LogP contribution >= 0.6 is 23.2 Å². The summed E-state index contributed by atoms with van der Waals surface area (Å²) in [7, 11) is 0. The van der Waals surface area contributed by atoms with Crippen LogP contribution in [0, 0.1) is 6.92 Å². The number of ether oxygens (including phenoxy) is 1. The molecule has 0 spiro atoms. The van der Waals surface area contributed by atoms with Crippen LogP contribution in [0.2, 0.25) is 10.0 Å². The summed E-state index contributed by atoms with van der Waals surface area (Å²) in [6, 6.07) is 11.2. The molecule has 19 heavy (non-hydrogen) atoms. The maximum atomic E-state index is 5.96. The second kappa shape index (κ2) is 6.18. The lowest BCUT2D eigenvalue weighted by Crippen LogP contribution is -1.97. The van der Waals surface area contributed by atoms with Gasteiger partial charge in [-0.1, -0.05) is 23.2 Å². The fourth-order valence-corrected chi connectivity index (χ4v) is 2.03. The molecule has 0 aliphatic heterocycles. The van der Waals surface area contributed by atoms with Gasteiger partial charge in [-0.3, -0.25) is 0 Å². The van der Waals surface area contributed by atoms with Gasteiger partial charge in [0, 0.05) is 18.3 Å². The topological polar surface area (TPSA) is 21.3 Å². The van der Waals surface area contributed by atoms with Crippen molar-refractivity contribution in [2.45, 2.75) is 13.8 Å². The maximum absolute atomic E-state index is 5.96. The van der Waals surface area contributed by atoms with Crippen LogP contribution in [0.25, 0.3) is 0 Å². The Hall–Kier alpha value is -1.38. The van der Waals surface area contributed by atoms with Gasteiger partial charge in [0.25, 0.3) is 0 Å². The van der Waals surface area contributed by atoms with Crippen LogP contribution < -0.4 is 10.1 Å². The number of hydrogen-bond acceptors (Lipinski definition) is 2. The summed E-state index contributed by atoms with van der Waals surface area (Å²) in [5.41, 5.74) is 2.14. The van der Waals surface area contributed by atoms with Crippen molar-refractivity contribution in [3.8, 4) is 11.5 Å². The van der Waals surface area contributed by atoms with Gasteiger partial charge in [0.05, 0.1) is 10.0 Å². The van der Waals surface area contributed by atoms with Crippen LogP contribution in [-0.2, 0) is 0 Å². The Kier molecular flexibility index (Phi) is 4.56. The molecule has 2 aromatic rings. The summed E-state index contributed by atoms with van der Waals surface area (Å²) in [5.74, 6) is 1.48. The first-order valence-electron chi connectivity index (χ1n) is 6.07. The first-order valence-corrected chi connectivity index (χ1v) is 6.83. The highest BCUT2D eigenvalue weighted by atomic mass is 35.5. The summed E-state index contributed by atoms with van der Waals surface area (Å²) in [4.78, 5) is 0. The fraction of sp³-hybridized carbons (Fsp3) is 0.200. The second-order valence-corrected chi connectivity index (χ2v) is 5.00. The van der Waals surface area contributed by atoms with E-state index in [-0.39, 0.29) is 0 Å². The molecule has 100 valence electrons. The summed E-state index contributed by atoms with van der Waals surface area (Å²) < 4.78 is 5.81. The summed E-state index contributed by atoms with van der Waals surface area (Å²) in [6.45, 7) is 4.97. The highest BCUT2D eigenvalue weighted by molar-refractivity contribution is 6.42. The molecule has 0 saturated heterocycles. The number of halogens is 2. The van der Waals surface area contributed by atoms with Crippen LogP contribution in [0.1, 0.15) is 12.5 Å². The van der Waals surface area contributed by atoms with Gasteiger partial charge in [-0.05, 0) is 49.7 Å². The van der Waals surface area contributed by atoms with Crippen LogP contribution in [0.5, 0.6) is 11.5 Å². The number of anilines is 1. The zero-order valence-electron chi connectivity index (χ0n) is 10.8. The molecule has 2 rings (SSSR count). The van der Waals surface area contributed by atoms with Crippen molar-refractivity contribution >= 4 is 28.9 Å². The van der Waals surface area contributed by atoms with E-state index < -0.39 is 0 Å². The molecule has 0 fully saturated rings. The molecule has 4 heteroatoms. The van der Waals surface area contributed by atoms with Gasteiger partial charge in [0.2, 0.25) is 0 Å². The van der Waals surface area contributed by atoms with Crippen molar-refractivity contribution in [2.75, 3.05) is 11.9 Å². The fourth-order valence-electron chi connectivity index (χ4n) is 1.75. The summed E-state index contributed by atoms with van der Waals surface area (Å²) in [6.07, 6.45) is 0. The van der Waals surface area contributed by atoms with E-state index in [9.17, 15) is 0 Å². The average molecular weight is 296 g/mol. The Morgan fingerprint density at radius 2 is 1.84 bits per heavy atom. The largest absolute Gasteiger partial charge is 0.457 e. The minimum Gasteiger partial charge on any atom is -0.457 e. The zero-order valence-corrected chi connectivity index (χ0v) is 12.3. The van der Waals surface area contributed by atoms with E-state index in [0.717, 1.165) is 23.5 Å². The lowest BCUT2D eigenvalue weighted by atomic mass is 10.2. The minimum atomic E-state index is 0.487. The average Bonchev–Trinajstić information content (AvgIpc) is 2.37. The zero-order chi connectivity index (χ0) is 13.8. The lowest BCUT2D eigenvalue weighted by Gasteiger charge is -2.11. The Labute approximate surface area is 123 Å². The molecule has 0 amide bonds. The first kappa shape index (κ1) is 14.0. The molecule has 0 saturated carbocycles. The molecule has 0 heterocycles. The van der Waals surface area contributed by atoms with E-state index in [2.05, 4.69) is 18.3 Å². The van der Waals surface area contributed by atoms with E-state index in [4.69, 9.17) is 27.9 Å². The number of benzene rings is 2. The quantitative estimate of drug-likeness (QED) is 0.801. The van der Waals surface area contributed by atoms with E-state index in [1.54, 1.807) is 18.2 Å². The maximum Gasteiger partial charge on any atom is 0.130 e. The second-order valence-electron chi connectivity index (χ2n) is 4.19. The highest BCUT2D eigenvalue weighted by Crippen LogP contribution is 2.31. The molecule has 0 bridgehead atoms. The number of rotatable bonds is 4. The summed E-state index contributed by atoms with van der Waals surface area (Å²) >= 11 is 11.8. The van der Waals surface area contributed by atoms with E-state index >= 15 is 0 Å². The van der Waals surface area contributed by atoms with E-state index in [0.29, 0.717) is 15.8 Å². The Morgan fingerprint density at radius 1 is 1.05 bits per heavy atom. The van der Waals surface area contributed by atoms with Crippen molar-refractivity contribution in [3.05, 3.63) is 52.0 Å². The van der Waals surface area contributed by atoms with Crippen molar-refractivity contribution in [1.29, 1.82) is 0 Å². The van der Waals surface area contributed by atoms with Crippen molar-refractivity contribution in [1.82, 2.24) is 0 Å². The molecule has 0 aliphatic carbocycles. The Morgan fingerprint density at radius 3 is 2.47 bits per heavy atom. The van der Waals surface area contributed by atoms with Gasteiger partial charge >= 0.3 is 0 Å². The van der Waals surface area contributed by atoms with Gasteiger partial charge in [0.15, 0.2) is 0 Å². The van der Waals surface area contributed by atoms with Crippen LogP contribution in [-0.4, -0.2) is 6.54 Å². The smallest absolute Gasteiger partial charge is 0.130 e. The van der Waals surface area contributed by atoms with Crippen molar-refractivity contribution in [3.63, 3.8) is 0 Å². The van der Waals surface area contributed by atoms with Crippen molar-refractivity contribution < 1.29 is 4.74 Å². The third-order valence-corrected chi connectivity index (χ3v) is 3.41. The molecule has 2 aromatic carbocycles. The van der Waals surface area contributed by atoms with Gasteiger partial charge in [0.1, 0.15) is 11.5 Å². The third kappa shape index (κ3) is 3.55. The predicted octanol–water partition coefficient (Wildman–Crippen LogP) is 5.53. The summed E-state index contributed by atoms with van der Waals surface area (Å²) in [5, 5.41) is 4.27. The van der Waals surface area contributed by atoms with E-state index in [1.165, 1.54) is 0 Å². The molecule has 1 N–H and O–H groups in total. The number of nitrogens with one attached hydrogen (secondary N) is 1. The molecule has 2 nitrogen and oxygen atoms in total. The molecule has 0 unspecified atom stereocenters. The van der Waals surface area contributed by atoms with Crippen LogP contribution in [0.3, 0.4) is 0 Å². The Bertz CT molecular complexity index is 584. The monoisotopic (exact) mass is 295 g/mol. The number of hydrogen-bond donors (Lipinski definition) is 1. The van der Waals surface area contributed by atoms with Gasteiger partial charge < -0.3 is 10.1 Å². The lowest BCUT2D eigenvalue weighted by molar-refractivity contribution is 0.479. The molecular weight excluding hydrogens is 281 g/mol. The molecule has 0 aliphatic rings. The Balaban J connectivity index is 2.20. The predicted molar refractivity (Wildman–Crippen MR) is 81.9 cm³/mol. The normalized spacial score (nSPS) is 10.3. The molecule has 0 radical (unpaired) electrons. The van der Waals surface area contributed by atoms with Crippen LogP contribution in [0.4, 0.5) is 5.69 Å². The highest BCUT2D eigenvalue weighted by Gasteiger charge is 2.05. The van der Waals surface area contributed by atoms with Crippen molar-refractivity contribution in [2.24, 2.45) is 0 Å². The molecule has 0 aromatic heterocycles. The minimum absolute atomic E-state index is 0.487. The third-order valence-electron chi connectivity index (χ3n) is 2.67.